The number of benzene rings is 2. The summed E-state index contributed by atoms with van der Waals surface area (Å²) in [5.74, 6) is 0.843. The van der Waals surface area contributed by atoms with Gasteiger partial charge >= 0.3 is 0 Å². The van der Waals surface area contributed by atoms with Crippen LogP contribution in [0, 0.1) is 6.92 Å². The first-order valence-electron chi connectivity index (χ1n) is 9.20. The molecule has 0 fully saturated rings. The summed E-state index contributed by atoms with van der Waals surface area (Å²) in [5.41, 5.74) is 3.00. The van der Waals surface area contributed by atoms with Crippen LogP contribution in [-0.2, 0) is 4.79 Å². The molecule has 0 aliphatic carbocycles. The second-order valence-corrected chi connectivity index (χ2v) is 6.88. The van der Waals surface area contributed by atoms with Gasteiger partial charge in [0.25, 0.3) is 5.91 Å². The van der Waals surface area contributed by atoms with Gasteiger partial charge in [0.1, 0.15) is 5.75 Å². The Morgan fingerprint density at radius 1 is 1.12 bits per heavy atom. The van der Waals surface area contributed by atoms with Crippen LogP contribution in [0.15, 0.2) is 48.5 Å². The van der Waals surface area contributed by atoms with Crippen molar-refractivity contribution < 1.29 is 14.6 Å². The molecule has 2 N–H and O–H groups in total. The molecule has 0 saturated carbocycles. The third-order valence-electron chi connectivity index (χ3n) is 4.41. The number of ether oxygens (including phenoxy) is 1. The molecule has 2 unspecified atom stereocenters. The standard InChI is InChI=1S/C22H29NO3/c1-5-20(26-21-9-7-6-8-18(21)15(2)3)22(25)23-14-19(24)17-12-10-16(4)11-13-17/h6-13,15,19-20,24H,5,14H2,1-4H3,(H,23,25). The molecule has 4 nitrogen and oxygen atoms in total. The second kappa shape index (κ2) is 9.39. The Labute approximate surface area is 156 Å². The number of carbonyl (C=O) groups excluding carboxylic acids is 1. The summed E-state index contributed by atoms with van der Waals surface area (Å²) in [6.45, 7) is 8.27. The molecule has 0 aliphatic heterocycles. The molecule has 2 aromatic rings. The Morgan fingerprint density at radius 3 is 2.38 bits per heavy atom. The van der Waals surface area contributed by atoms with Crippen molar-refractivity contribution in [3.8, 4) is 5.75 Å². The fourth-order valence-corrected chi connectivity index (χ4v) is 2.76. The van der Waals surface area contributed by atoms with E-state index < -0.39 is 12.2 Å². The first kappa shape index (κ1) is 20.0. The van der Waals surface area contributed by atoms with Crippen molar-refractivity contribution in [3.05, 3.63) is 65.2 Å². The van der Waals surface area contributed by atoms with Crippen molar-refractivity contribution in [2.75, 3.05) is 6.54 Å². The van der Waals surface area contributed by atoms with Gasteiger partial charge in [-0.15, -0.1) is 0 Å². The SMILES string of the molecule is CCC(Oc1ccccc1C(C)C)C(=O)NCC(O)c1ccc(C)cc1. The average molecular weight is 355 g/mol. The van der Waals surface area contributed by atoms with Gasteiger partial charge in [0, 0.05) is 6.54 Å². The molecule has 2 rings (SSSR count). The van der Waals surface area contributed by atoms with Gasteiger partial charge < -0.3 is 15.2 Å². The fraction of sp³-hybridized carbons (Fsp3) is 0.409. The number of nitrogens with one attached hydrogen (secondary N) is 1. The van der Waals surface area contributed by atoms with E-state index in [1.54, 1.807) is 0 Å². The van der Waals surface area contributed by atoms with Crippen LogP contribution >= 0.6 is 0 Å². The molecule has 0 saturated heterocycles. The number of hydrogen-bond donors (Lipinski definition) is 2. The zero-order valence-corrected chi connectivity index (χ0v) is 16.0. The van der Waals surface area contributed by atoms with E-state index >= 15 is 0 Å². The molecule has 26 heavy (non-hydrogen) atoms. The predicted octanol–water partition coefficient (Wildman–Crippen LogP) is 4.13. The maximum Gasteiger partial charge on any atom is 0.261 e. The van der Waals surface area contributed by atoms with Gasteiger partial charge in [-0.2, -0.15) is 0 Å². The molecular weight excluding hydrogens is 326 g/mol. The summed E-state index contributed by atoms with van der Waals surface area (Å²) >= 11 is 0. The Hall–Kier alpha value is -2.33. The van der Waals surface area contributed by atoms with Crippen LogP contribution in [0.2, 0.25) is 0 Å². The van der Waals surface area contributed by atoms with Gasteiger partial charge in [-0.25, -0.2) is 0 Å². The van der Waals surface area contributed by atoms with Crippen LogP contribution in [-0.4, -0.2) is 23.7 Å². The molecule has 1 amide bonds. The highest BCUT2D eigenvalue weighted by atomic mass is 16.5. The third-order valence-corrected chi connectivity index (χ3v) is 4.41. The Balaban J connectivity index is 1.97. The van der Waals surface area contributed by atoms with Crippen molar-refractivity contribution >= 4 is 5.91 Å². The highest BCUT2D eigenvalue weighted by Crippen LogP contribution is 2.27. The zero-order valence-electron chi connectivity index (χ0n) is 16.0. The van der Waals surface area contributed by atoms with Gasteiger partial charge in [-0.3, -0.25) is 4.79 Å². The maximum atomic E-state index is 12.5. The smallest absolute Gasteiger partial charge is 0.261 e. The quantitative estimate of drug-likeness (QED) is 0.749. The molecule has 4 heteroatoms. The lowest BCUT2D eigenvalue weighted by atomic mass is 10.0. The molecule has 2 aromatic carbocycles. The Kier molecular flexibility index (Phi) is 7.22. The molecule has 2 atom stereocenters. The van der Waals surface area contributed by atoms with Crippen LogP contribution in [0.1, 0.15) is 55.9 Å². The van der Waals surface area contributed by atoms with E-state index in [9.17, 15) is 9.90 Å². The van der Waals surface area contributed by atoms with E-state index in [-0.39, 0.29) is 12.5 Å². The monoisotopic (exact) mass is 355 g/mol. The van der Waals surface area contributed by atoms with E-state index in [0.29, 0.717) is 12.3 Å². The lowest BCUT2D eigenvalue weighted by Crippen LogP contribution is -2.40. The minimum Gasteiger partial charge on any atom is -0.480 e. The molecule has 0 radical (unpaired) electrons. The van der Waals surface area contributed by atoms with Crippen molar-refractivity contribution in [1.29, 1.82) is 0 Å². The van der Waals surface area contributed by atoms with Gasteiger partial charge in [-0.1, -0.05) is 68.8 Å². The lowest BCUT2D eigenvalue weighted by Gasteiger charge is -2.21. The summed E-state index contributed by atoms with van der Waals surface area (Å²) in [6, 6.07) is 15.4. The first-order valence-corrected chi connectivity index (χ1v) is 9.20. The van der Waals surface area contributed by atoms with E-state index in [2.05, 4.69) is 19.2 Å². The molecule has 0 aliphatic rings. The summed E-state index contributed by atoms with van der Waals surface area (Å²) in [7, 11) is 0. The van der Waals surface area contributed by atoms with E-state index in [4.69, 9.17) is 4.74 Å². The van der Waals surface area contributed by atoms with E-state index in [1.165, 1.54) is 0 Å². The van der Waals surface area contributed by atoms with Crippen LogP contribution < -0.4 is 10.1 Å². The summed E-state index contributed by atoms with van der Waals surface area (Å²) in [6.07, 6.45) is -0.765. The van der Waals surface area contributed by atoms with Crippen LogP contribution in [0.3, 0.4) is 0 Å². The summed E-state index contributed by atoms with van der Waals surface area (Å²) in [5, 5.41) is 13.1. The molecular formula is C22H29NO3. The summed E-state index contributed by atoms with van der Waals surface area (Å²) in [4.78, 5) is 12.5. The van der Waals surface area contributed by atoms with E-state index in [1.807, 2.05) is 62.4 Å². The number of para-hydroxylation sites is 1. The van der Waals surface area contributed by atoms with Crippen molar-refractivity contribution in [1.82, 2.24) is 5.32 Å². The predicted molar refractivity (Wildman–Crippen MR) is 104 cm³/mol. The summed E-state index contributed by atoms with van der Waals surface area (Å²) < 4.78 is 5.98. The largest absolute Gasteiger partial charge is 0.480 e. The topological polar surface area (TPSA) is 58.6 Å². The second-order valence-electron chi connectivity index (χ2n) is 6.88. The number of rotatable bonds is 8. The number of amides is 1. The minimum atomic E-state index is -0.736. The Morgan fingerprint density at radius 2 is 1.77 bits per heavy atom. The van der Waals surface area contributed by atoms with Gasteiger partial charge in [-0.05, 0) is 36.5 Å². The van der Waals surface area contributed by atoms with Gasteiger partial charge in [0.05, 0.1) is 6.10 Å². The highest BCUT2D eigenvalue weighted by molar-refractivity contribution is 5.81. The number of hydrogen-bond acceptors (Lipinski definition) is 3. The van der Waals surface area contributed by atoms with Gasteiger partial charge in [0.15, 0.2) is 6.10 Å². The molecule has 0 aromatic heterocycles. The Bertz CT molecular complexity index is 710. The minimum absolute atomic E-state index is 0.160. The van der Waals surface area contributed by atoms with Crippen molar-refractivity contribution in [3.63, 3.8) is 0 Å². The molecule has 140 valence electrons. The number of aliphatic hydroxyl groups is 1. The first-order chi connectivity index (χ1) is 12.4. The highest BCUT2D eigenvalue weighted by Gasteiger charge is 2.21. The molecule has 0 spiro atoms. The maximum absolute atomic E-state index is 12.5. The van der Waals surface area contributed by atoms with Crippen molar-refractivity contribution in [2.45, 2.75) is 52.2 Å². The van der Waals surface area contributed by atoms with Gasteiger partial charge in [0.2, 0.25) is 0 Å². The number of aryl methyl sites for hydroxylation is 1. The normalized spacial score (nSPS) is 13.3. The number of aliphatic hydroxyl groups excluding tert-OH is 1. The molecule has 0 heterocycles. The average Bonchev–Trinajstić information content (AvgIpc) is 2.64. The zero-order chi connectivity index (χ0) is 19.1. The van der Waals surface area contributed by atoms with Crippen LogP contribution in [0.4, 0.5) is 0 Å². The lowest BCUT2D eigenvalue weighted by molar-refractivity contribution is -0.128. The fourth-order valence-electron chi connectivity index (χ4n) is 2.76. The molecule has 0 bridgehead atoms. The van der Waals surface area contributed by atoms with Crippen LogP contribution in [0.25, 0.3) is 0 Å². The third kappa shape index (κ3) is 5.33. The van der Waals surface area contributed by atoms with Crippen LogP contribution in [0.5, 0.6) is 5.75 Å². The number of carbonyl (C=O) groups is 1. The van der Waals surface area contributed by atoms with E-state index in [0.717, 1.165) is 22.4 Å². The van der Waals surface area contributed by atoms with Crippen molar-refractivity contribution in [2.24, 2.45) is 0 Å².